The summed E-state index contributed by atoms with van der Waals surface area (Å²) < 4.78 is 5.02. The van der Waals surface area contributed by atoms with E-state index in [0.29, 0.717) is 24.0 Å². The summed E-state index contributed by atoms with van der Waals surface area (Å²) in [6.07, 6.45) is 5.20. The van der Waals surface area contributed by atoms with Gasteiger partial charge in [-0.2, -0.15) is 0 Å². The molecule has 1 aliphatic heterocycles. The minimum absolute atomic E-state index is 0.322. The molecule has 0 spiro atoms. The molecular formula is C14H21N3O2. The van der Waals surface area contributed by atoms with Crippen molar-refractivity contribution in [3.8, 4) is 0 Å². The number of pyridine rings is 1. The smallest absolute Gasteiger partial charge is 0.341 e. The molecule has 1 aromatic heterocycles. The highest BCUT2D eigenvalue weighted by atomic mass is 16.5. The van der Waals surface area contributed by atoms with Crippen LogP contribution in [0, 0.1) is 0 Å². The SMILES string of the molecule is CCOC(=O)c1cccnc1NCCC1CCCN1. The molecule has 2 heterocycles. The van der Waals surface area contributed by atoms with Gasteiger partial charge in [0.2, 0.25) is 0 Å². The lowest BCUT2D eigenvalue weighted by Gasteiger charge is -2.13. The summed E-state index contributed by atoms with van der Waals surface area (Å²) in [7, 11) is 0. The van der Waals surface area contributed by atoms with E-state index in [1.807, 2.05) is 0 Å². The summed E-state index contributed by atoms with van der Waals surface area (Å²) in [5.41, 5.74) is 0.503. The molecule has 1 atom stereocenters. The molecule has 0 aliphatic carbocycles. The van der Waals surface area contributed by atoms with Crippen molar-refractivity contribution in [2.45, 2.75) is 32.2 Å². The van der Waals surface area contributed by atoms with E-state index in [0.717, 1.165) is 19.5 Å². The summed E-state index contributed by atoms with van der Waals surface area (Å²) in [5.74, 6) is 0.288. The molecule has 0 radical (unpaired) electrons. The lowest BCUT2D eigenvalue weighted by atomic mass is 10.1. The van der Waals surface area contributed by atoms with Gasteiger partial charge in [-0.15, -0.1) is 0 Å². The third-order valence-corrected chi connectivity index (χ3v) is 3.25. The van der Waals surface area contributed by atoms with Crippen molar-refractivity contribution in [3.05, 3.63) is 23.9 Å². The van der Waals surface area contributed by atoms with Crippen LogP contribution < -0.4 is 10.6 Å². The number of hydrogen-bond donors (Lipinski definition) is 2. The van der Waals surface area contributed by atoms with Crippen LogP contribution in [-0.2, 0) is 4.74 Å². The molecule has 1 unspecified atom stereocenters. The summed E-state index contributed by atoms with van der Waals surface area (Å²) in [6, 6.07) is 4.07. The lowest BCUT2D eigenvalue weighted by Crippen LogP contribution is -2.24. The number of rotatable bonds is 6. The second-order valence-electron chi connectivity index (χ2n) is 4.63. The Bertz CT molecular complexity index is 417. The number of anilines is 1. The molecule has 1 aliphatic rings. The monoisotopic (exact) mass is 263 g/mol. The van der Waals surface area contributed by atoms with Gasteiger partial charge in [0.1, 0.15) is 11.4 Å². The predicted octanol–water partition coefficient (Wildman–Crippen LogP) is 1.81. The molecule has 5 nitrogen and oxygen atoms in total. The topological polar surface area (TPSA) is 63.2 Å². The Labute approximate surface area is 113 Å². The number of nitrogens with zero attached hydrogens (tertiary/aromatic N) is 1. The third-order valence-electron chi connectivity index (χ3n) is 3.25. The van der Waals surface area contributed by atoms with Crippen LogP contribution in [0.1, 0.15) is 36.5 Å². The van der Waals surface area contributed by atoms with Gasteiger partial charge >= 0.3 is 5.97 Å². The summed E-state index contributed by atoms with van der Waals surface area (Å²) >= 11 is 0. The van der Waals surface area contributed by atoms with Crippen molar-refractivity contribution < 1.29 is 9.53 Å². The Balaban J connectivity index is 1.89. The molecule has 19 heavy (non-hydrogen) atoms. The van der Waals surface area contributed by atoms with Crippen molar-refractivity contribution in [2.24, 2.45) is 0 Å². The first kappa shape index (κ1) is 13.8. The molecule has 104 valence electrons. The van der Waals surface area contributed by atoms with Crippen molar-refractivity contribution in [1.29, 1.82) is 0 Å². The maximum absolute atomic E-state index is 11.8. The van der Waals surface area contributed by atoms with Gasteiger partial charge in [0, 0.05) is 18.8 Å². The largest absolute Gasteiger partial charge is 0.462 e. The lowest BCUT2D eigenvalue weighted by molar-refractivity contribution is 0.0527. The van der Waals surface area contributed by atoms with E-state index in [-0.39, 0.29) is 5.97 Å². The normalized spacial score (nSPS) is 18.3. The Kier molecular flexibility index (Phi) is 5.15. The van der Waals surface area contributed by atoms with Gasteiger partial charge in [-0.25, -0.2) is 9.78 Å². The first-order valence-corrected chi connectivity index (χ1v) is 6.90. The van der Waals surface area contributed by atoms with E-state index >= 15 is 0 Å². The fraction of sp³-hybridized carbons (Fsp3) is 0.571. The fourth-order valence-electron chi connectivity index (χ4n) is 2.29. The van der Waals surface area contributed by atoms with E-state index in [9.17, 15) is 4.79 Å². The summed E-state index contributed by atoms with van der Waals surface area (Å²) in [5, 5.41) is 6.68. The Morgan fingerprint density at radius 2 is 2.53 bits per heavy atom. The van der Waals surface area contributed by atoms with Gasteiger partial charge < -0.3 is 15.4 Å². The van der Waals surface area contributed by atoms with Gasteiger partial charge in [-0.3, -0.25) is 0 Å². The molecule has 0 bridgehead atoms. The number of ether oxygens (including phenoxy) is 1. The number of carbonyl (C=O) groups is 1. The van der Waals surface area contributed by atoms with Crippen LogP contribution in [-0.4, -0.2) is 36.7 Å². The zero-order chi connectivity index (χ0) is 13.5. The van der Waals surface area contributed by atoms with E-state index in [4.69, 9.17) is 4.74 Å². The van der Waals surface area contributed by atoms with Crippen LogP contribution in [0.5, 0.6) is 0 Å². The van der Waals surface area contributed by atoms with Crippen molar-refractivity contribution in [3.63, 3.8) is 0 Å². The highest BCUT2D eigenvalue weighted by Crippen LogP contribution is 2.14. The van der Waals surface area contributed by atoms with Crippen LogP contribution in [0.3, 0.4) is 0 Å². The number of esters is 1. The first-order chi connectivity index (χ1) is 9.31. The Hall–Kier alpha value is -1.62. The second kappa shape index (κ2) is 7.09. The van der Waals surface area contributed by atoms with Crippen molar-refractivity contribution in [2.75, 3.05) is 25.0 Å². The van der Waals surface area contributed by atoms with Crippen LogP contribution in [0.4, 0.5) is 5.82 Å². The fourth-order valence-corrected chi connectivity index (χ4v) is 2.29. The Morgan fingerprint density at radius 1 is 1.63 bits per heavy atom. The zero-order valence-corrected chi connectivity index (χ0v) is 11.3. The van der Waals surface area contributed by atoms with Crippen LogP contribution in [0.2, 0.25) is 0 Å². The molecule has 2 rings (SSSR count). The molecular weight excluding hydrogens is 242 g/mol. The van der Waals surface area contributed by atoms with Crippen LogP contribution in [0.25, 0.3) is 0 Å². The van der Waals surface area contributed by atoms with Gasteiger partial charge in [0.05, 0.1) is 6.61 Å². The number of aromatic nitrogens is 1. The molecule has 2 N–H and O–H groups in total. The minimum atomic E-state index is -0.322. The van der Waals surface area contributed by atoms with E-state index < -0.39 is 0 Å². The number of nitrogens with one attached hydrogen (secondary N) is 2. The summed E-state index contributed by atoms with van der Waals surface area (Å²) in [6.45, 7) is 4.09. The van der Waals surface area contributed by atoms with Gasteiger partial charge in [-0.1, -0.05) is 0 Å². The van der Waals surface area contributed by atoms with Gasteiger partial charge in [-0.05, 0) is 44.9 Å². The Morgan fingerprint density at radius 3 is 3.26 bits per heavy atom. The van der Waals surface area contributed by atoms with E-state index in [2.05, 4.69) is 15.6 Å². The first-order valence-electron chi connectivity index (χ1n) is 6.90. The average Bonchev–Trinajstić information content (AvgIpc) is 2.93. The molecule has 1 saturated heterocycles. The zero-order valence-electron chi connectivity index (χ0n) is 11.3. The minimum Gasteiger partial charge on any atom is -0.462 e. The van der Waals surface area contributed by atoms with Crippen LogP contribution >= 0.6 is 0 Å². The van der Waals surface area contributed by atoms with Crippen molar-refractivity contribution >= 4 is 11.8 Å². The highest BCUT2D eigenvalue weighted by molar-refractivity contribution is 5.94. The second-order valence-corrected chi connectivity index (χ2v) is 4.63. The average molecular weight is 263 g/mol. The molecule has 1 aromatic rings. The molecule has 0 amide bonds. The molecule has 0 saturated carbocycles. The predicted molar refractivity (Wildman–Crippen MR) is 74.3 cm³/mol. The highest BCUT2D eigenvalue weighted by Gasteiger charge is 2.15. The van der Waals surface area contributed by atoms with E-state index in [1.54, 1.807) is 25.3 Å². The summed E-state index contributed by atoms with van der Waals surface area (Å²) in [4.78, 5) is 16.0. The molecule has 5 heteroatoms. The number of hydrogen-bond acceptors (Lipinski definition) is 5. The molecule has 0 aromatic carbocycles. The quantitative estimate of drug-likeness (QED) is 0.766. The maximum atomic E-state index is 11.8. The van der Waals surface area contributed by atoms with E-state index in [1.165, 1.54) is 12.8 Å². The third kappa shape index (κ3) is 3.92. The van der Waals surface area contributed by atoms with Crippen LogP contribution in [0.15, 0.2) is 18.3 Å². The van der Waals surface area contributed by atoms with Crippen molar-refractivity contribution in [1.82, 2.24) is 10.3 Å². The number of carbonyl (C=O) groups excluding carboxylic acids is 1. The maximum Gasteiger partial charge on any atom is 0.341 e. The standard InChI is InChI=1S/C14H21N3O2/c1-2-19-14(18)12-6-4-9-16-13(12)17-10-7-11-5-3-8-15-11/h4,6,9,11,15H,2-3,5,7-8,10H2,1H3,(H,16,17). The van der Waals surface area contributed by atoms with Gasteiger partial charge in [0.25, 0.3) is 0 Å². The van der Waals surface area contributed by atoms with Gasteiger partial charge in [0.15, 0.2) is 0 Å². The molecule has 1 fully saturated rings.